The third kappa shape index (κ3) is 1.68. The molecule has 0 unspecified atom stereocenters. The minimum atomic E-state index is -0.128. The zero-order valence-corrected chi connectivity index (χ0v) is 6.94. The van der Waals surface area contributed by atoms with Gasteiger partial charge in [0.2, 0.25) is 0 Å². The molecular formula is C9H13NO2. The van der Waals surface area contributed by atoms with Gasteiger partial charge in [-0.3, -0.25) is 4.90 Å². The number of nitrogens with zero attached hydrogens (tertiary/aromatic N) is 1. The summed E-state index contributed by atoms with van der Waals surface area (Å²) in [6.45, 7) is 2.69. The first-order valence-electron chi connectivity index (χ1n) is 4.26. The van der Waals surface area contributed by atoms with Gasteiger partial charge in [-0.15, -0.1) is 0 Å². The first-order chi connectivity index (χ1) is 5.84. The normalized spacial score (nSPS) is 24.9. The van der Waals surface area contributed by atoms with E-state index in [1.165, 1.54) is 5.56 Å². The Morgan fingerprint density at radius 3 is 3.17 bits per heavy atom. The van der Waals surface area contributed by atoms with Crippen molar-refractivity contribution in [1.29, 1.82) is 0 Å². The fraction of sp³-hybridized carbons (Fsp3) is 0.556. The molecule has 1 aromatic rings. The molecule has 0 saturated carbocycles. The maximum atomic E-state index is 9.26. The molecule has 0 spiro atoms. The summed E-state index contributed by atoms with van der Waals surface area (Å²) in [6, 6.07) is 1.96. The van der Waals surface area contributed by atoms with Gasteiger partial charge in [0.25, 0.3) is 0 Å². The Hall–Kier alpha value is -0.800. The molecule has 1 aliphatic rings. The molecule has 1 aliphatic heterocycles. The number of aliphatic hydroxyl groups is 1. The van der Waals surface area contributed by atoms with E-state index in [0.29, 0.717) is 0 Å². The Bertz CT molecular complexity index is 233. The van der Waals surface area contributed by atoms with Crippen molar-refractivity contribution >= 4 is 0 Å². The molecule has 3 nitrogen and oxygen atoms in total. The van der Waals surface area contributed by atoms with Crippen LogP contribution in [0.3, 0.4) is 0 Å². The average Bonchev–Trinajstić information content (AvgIpc) is 2.63. The number of furan rings is 1. The number of aliphatic hydroxyl groups excluding tert-OH is 1. The highest BCUT2D eigenvalue weighted by molar-refractivity contribution is 5.05. The molecule has 0 amide bonds. The summed E-state index contributed by atoms with van der Waals surface area (Å²) in [6.07, 6.45) is 4.21. The van der Waals surface area contributed by atoms with Crippen molar-refractivity contribution in [2.24, 2.45) is 0 Å². The summed E-state index contributed by atoms with van der Waals surface area (Å²) in [4.78, 5) is 2.23. The van der Waals surface area contributed by atoms with Crippen molar-refractivity contribution in [3.8, 4) is 0 Å². The number of β-amino-alcohol motifs (C(OH)–C–C–N with tert-alkyl or cyclic N) is 1. The van der Waals surface area contributed by atoms with Crippen LogP contribution in [0.1, 0.15) is 12.0 Å². The first kappa shape index (κ1) is 7.83. The van der Waals surface area contributed by atoms with Gasteiger partial charge in [0.15, 0.2) is 0 Å². The lowest BCUT2D eigenvalue weighted by Crippen LogP contribution is -2.21. The quantitative estimate of drug-likeness (QED) is 0.709. The van der Waals surface area contributed by atoms with Crippen LogP contribution in [-0.2, 0) is 6.54 Å². The van der Waals surface area contributed by atoms with Crippen LogP contribution in [0, 0.1) is 0 Å². The third-order valence-corrected chi connectivity index (χ3v) is 2.23. The van der Waals surface area contributed by atoms with Gasteiger partial charge in [-0.2, -0.15) is 0 Å². The Balaban J connectivity index is 1.88. The molecular weight excluding hydrogens is 154 g/mol. The molecule has 1 aromatic heterocycles. The van der Waals surface area contributed by atoms with E-state index in [4.69, 9.17) is 4.42 Å². The number of rotatable bonds is 2. The summed E-state index contributed by atoms with van der Waals surface area (Å²) >= 11 is 0. The van der Waals surface area contributed by atoms with Crippen molar-refractivity contribution in [3.63, 3.8) is 0 Å². The average molecular weight is 167 g/mol. The van der Waals surface area contributed by atoms with E-state index in [0.717, 1.165) is 26.1 Å². The number of hydrogen-bond acceptors (Lipinski definition) is 3. The molecule has 2 heterocycles. The fourth-order valence-electron chi connectivity index (χ4n) is 1.60. The van der Waals surface area contributed by atoms with E-state index in [1.54, 1.807) is 12.5 Å². The highest BCUT2D eigenvalue weighted by Crippen LogP contribution is 2.13. The SMILES string of the molecule is O[C@@H]1CCN(Cc2ccoc2)C1. The lowest BCUT2D eigenvalue weighted by molar-refractivity contribution is 0.174. The zero-order valence-electron chi connectivity index (χ0n) is 6.94. The monoisotopic (exact) mass is 167 g/mol. The van der Waals surface area contributed by atoms with E-state index in [-0.39, 0.29) is 6.10 Å². The fourth-order valence-corrected chi connectivity index (χ4v) is 1.60. The second kappa shape index (κ2) is 3.29. The van der Waals surface area contributed by atoms with E-state index in [9.17, 15) is 5.11 Å². The van der Waals surface area contributed by atoms with E-state index in [2.05, 4.69) is 4.90 Å². The predicted octanol–water partition coefficient (Wildman–Crippen LogP) is 0.846. The van der Waals surface area contributed by atoms with Crippen LogP contribution in [0.15, 0.2) is 23.0 Å². The van der Waals surface area contributed by atoms with Crippen molar-refractivity contribution in [2.45, 2.75) is 19.1 Å². The molecule has 0 radical (unpaired) electrons. The highest BCUT2D eigenvalue weighted by atomic mass is 16.3. The van der Waals surface area contributed by atoms with Crippen molar-refractivity contribution < 1.29 is 9.52 Å². The summed E-state index contributed by atoms with van der Waals surface area (Å²) in [5, 5.41) is 9.26. The number of likely N-dealkylation sites (tertiary alicyclic amines) is 1. The van der Waals surface area contributed by atoms with Crippen LogP contribution in [0.25, 0.3) is 0 Å². The van der Waals surface area contributed by atoms with Gasteiger partial charge in [0.05, 0.1) is 18.6 Å². The maximum Gasteiger partial charge on any atom is 0.0947 e. The predicted molar refractivity (Wildman–Crippen MR) is 44.6 cm³/mol. The second-order valence-corrected chi connectivity index (χ2v) is 3.31. The zero-order chi connectivity index (χ0) is 8.39. The molecule has 2 rings (SSSR count). The van der Waals surface area contributed by atoms with Crippen molar-refractivity contribution in [3.05, 3.63) is 24.2 Å². The van der Waals surface area contributed by atoms with Gasteiger partial charge in [0.1, 0.15) is 0 Å². The van der Waals surface area contributed by atoms with Gasteiger partial charge in [-0.25, -0.2) is 0 Å². The van der Waals surface area contributed by atoms with Crippen LogP contribution in [0.2, 0.25) is 0 Å². The van der Waals surface area contributed by atoms with Crippen molar-refractivity contribution in [2.75, 3.05) is 13.1 Å². The maximum absolute atomic E-state index is 9.26. The van der Waals surface area contributed by atoms with Gasteiger partial charge in [0, 0.05) is 25.2 Å². The van der Waals surface area contributed by atoms with Crippen LogP contribution < -0.4 is 0 Å². The van der Waals surface area contributed by atoms with Crippen LogP contribution >= 0.6 is 0 Å². The van der Waals surface area contributed by atoms with Crippen LogP contribution in [0.5, 0.6) is 0 Å². The molecule has 3 heteroatoms. The summed E-state index contributed by atoms with van der Waals surface area (Å²) < 4.78 is 4.96. The molecule has 1 saturated heterocycles. The number of hydrogen-bond donors (Lipinski definition) is 1. The Labute approximate surface area is 71.6 Å². The summed E-state index contributed by atoms with van der Waals surface area (Å²) in [5.74, 6) is 0. The lowest BCUT2D eigenvalue weighted by atomic mass is 10.3. The van der Waals surface area contributed by atoms with Gasteiger partial charge >= 0.3 is 0 Å². The van der Waals surface area contributed by atoms with Gasteiger partial charge in [-0.05, 0) is 12.5 Å². The van der Waals surface area contributed by atoms with E-state index < -0.39 is 0 Å². The Morgan fingerprint density at radius 1 is 1.67 bits per heavy atom. The third-order valence-electron chi connectivity index (χ3n) is 2.23. The molecule has 12 heavy (non-hydrogen) atoms. The van der Waals surface area contributed by atoms with Crippen molar-refractivity contribution in [1.82, 2.24) is 4.90 Å². The largest absolute Gasteiger partial charge is 0.472 e. The molecule has 1 fully saturated rings. The lowest BCUT2D eigenvalue weighted by Gasteiger charge is -2.12. The second-order valence-electron chi connectivity index (χ2n) is 3.31. The minimum Gasteiger partial charge on any atom is -0.472 e. The Kier molecular flexibility index (Phi) is 2.15. The van der Waals surface area contributed by atoms with Crippen LogP contribution in [-0.4, -0.2) is 29.2 Å². The molecule has 1 N–H and O–H groups in total. The standard InChI is InChI=1S/C9H13NO2/c11-9-1-3-10(6-9)5-8-2-4-12-7-8/h2,4,7,9,11H,1,3,5-6H2/t9-/m1/s1. The highest BCUT2D eigenvalue weighted by Gasteiger charge is 2.19. The first-order valence-corrected chi connectivity index (χ1v) is 4.26. The topological polar surface area (TPSA) is 36.6 Å². The van der Waals surface area contributed by atoms with Gasteiger partial charge < -0.3 is 9.52 Å². The summed E-state index contributed by atoms with van der Waals surface area (Å²) in [7, 11) is 0. The van der Waals surface area contributed by atoms with E-state index >= 15 is 0 Å². The molecule has 66 valence electrons. The Morgan fingerprint density at radius 2 is 2.58 bits per heavy atom. The molecule has 1 atom stereocenters. The molecule has 0 bridgehead atoms. The molecule has 0 aliphatic carbocycles. The minimum absolute atomic E-state index is 0.128. The summed E-state index contributed by atoms with van der Waals surface area (Å²) in [5.41, 5.74) is 1.18. The molecule has 0 aromatic carbocycles. The van der Waals surface area contributed by atoms with Gasteiger partial charge in [-0.1, -0.05) is 0 Å². The van der Waals surface area contributed by atoms with Crippen LogP contribution in [0.4, 0.5) is 0 Å². The van der Waals surface area contributed by atoms with E-state index in [1.807, 2.05) is 6.07 Å². The smallest absolute Gasteiger partial charge is 0.0947 e.